The van der Waals surface area contributed by atoms with Crippen LogP contribution in [0.3, 0.4) is 0 Å². The zero-order valence-electron chi connectivity index (χ0n) is 18.5. The summed E-state index contributed by atoms with van der Waals surface area (Å²) in [4.78, 5) is 29.2. The van der Waals surface area contributed by atoms with Gasteiger partial charge < -0.3 is 20.3 Å². The summed E-state index contributed by atoms with van der Waals surface area (Å²) in [5, 5.41) is 6.11. The van der Waals surface area contributed by atoms with Gasteiger partial charge in [-0.2, -0.15) is 0 Å². The van der Waals surface area contributed by atoms with Crippen molar-refractivity contribution in [3.63, 3.8) is 0 Å². The topological polar surface area (TPSA) is 73.9 Å². The molecule has 0 radical (unpaired) electrons. The average molecular weight is 417 g/mol. The van der Waals surface area contributed by atoms with Gasteiger partial charge in [0.25, 0.3) is 0 Å². The monoisotopic (exact) mass is 416 g/mol. The first-order chi connectivity index (χ1) is 14.4. The van der Waals surface area contributed by atoms with Crippen LogP contribution in [-0.4, -0.2) is 68.7 Å². The van der Waals surface area contributed by atoms with Crippen molar-refractivity contribution in [3.05, 3.63) is 24.3 Å². The maximum atomic E-state index is 12.6. The van der Waals surface area contributed by atoms with E-state index in [1.54, 1.807) is 4.90 Å². The minimum atomic E-state index is -0.353. The van der Waals surface area contributed by atoms with Crippen LogP contribution in [0.25, 0.3) is 0 Å². The van der Waals surface area contributed by atoms with Gasteiger partial charge in [0, 0.05) is 30.5 Å². The summed E-state index contributed by atoms with van der Waals surface area (Å²) in [5.74, 6) is 0.394. The van der Waals surface area contributed by atoms with E-state index in [2.05, 4.69) is 22.5 Å². The molecule has 2 fully saturated rings. The molecule has 2 amide bonds. The van der Waals surface area contributed by atoms with Crippen molar-refractivity contribution in [3.8, 4) is 0 Å². The van der Waals surface area contributed by atoms with E-state index in [0.29, 0.717) is 5.92 Å². The van der Waals surface area contributed by atoms with E-state index in [1.165, 1.54) is 19.3 Å². The van der Waals surface area contributed by atoms with Crippen molar-refractivity contribution in [1.29, 1.82) is 0 Å². The number of carbonyl (C=O) groups excluding carboxylic acids is 2. The Bertz CT molecular complexity index is 703. The molecule has 0 spiro atoms. The molecule has 2 N–H and O–H groups in total. The molecule has 1 saturated heterocycles. The first-order valence-corrected chi connectivity index (χ1v) is 11.2. The fourth-order valence-corrected chi connectivity index (χ4v) is 4.18. The normalized spacial score (nSPS) is 23.1. The van der Waals surface area contributed by atoms with Crippen LogP contribution in [0.15, 0.2) is 24.3 Å². The van der Waals surface area contributed by atoms with Crippen LogP contribution in [0.2, 0.25) is 0 Å². The third-order valence-corrected chi connectivity index (χ3v) is 6.40. The van der Waals surface area contributed by atoms with Gasteiger partial charge in [-0.1, -0.05) is 19.8 Å². The minimum absolute atomic E-state index is 0.00101. The summed E-state index contributed by atoms with van der Waals surface area (Å²) >= 11 is 0. The lowest BCUT2D eigenvalue weighted by Crippen LogP contribution is -2.50. The predicted molar refractivity (Wildman–Crippen MR) is 120 cm³/mol. The smallest absolute Gasteiger partial charge is 0.238 e. The van der Waals surface area contributed by atoms with Crippen molar-refractivity contribution in [2.24, 2.45) is 5.92 Å². The van der Waals surface area contributed by atoms with Crippen LogP contribution in [0.4, 0.5) is 11.4 Å². The van der Waals surface area contributed by atoms with Crippen molar-refractivity contribution in [2.45, 2.75) is 51.6 Å². The van der Waals surface area contributed by atoms with E-state index in [1.807, 2.05) is 38.2 Å². The van der Waals surface area contributed by atoms with Crippen LogP contribution in [0.5, 0.6) is 0 Å². The van der Waals surface area contributed by atoms with Crippen LogP contribution in [-0.2, 0) is 14.3 Å². The molecule has 1 aliphatic heterocycles. The number of anilines is 2. The van der Waals surface area contributed by atoms with Crippen molar-refractivity contribution in [1.82, 2.24) is 10.2 Å². The highest BCUT2D eigenvalue weighted by Gasteiger charge is 2.27. The number of benzene rings is 1. The van der Waals surface area contributed by atoms with Gasteiger partial charge in [0.05, 0.1) is 25.8 Å². The van der Waals surface area contributed by atoms with Gasteiger partial charge in [0.2, 0.25) is 11.8 Å². The fourth-order valence-electron chi connectivity index (χ4n) is 4.18. The highest BCUT2D eigenvalue weighted by atomic mass is 16.5. The standard InChI is InChI=1S/C23H36N4O3/c1-17-6-4-5-7-21(17)25-23(29)18(2)26(3)16-22(28)24-19-8-10-20(11-9-19)27-12-14-30-15-13-27/h8-11,17-18,21H,4-7,12-16H2,1-3H3,(H,24,28)(H,25,29)/t17-,18-,21+/m1/s1. The number of ether oxygens (including phenoxy) is 1. The predicted octanol–water partition coefficient (Wildman–Crippen LogP) is 2.48. The SMILES string of the molecule is C[C@@H]1CCCC[C@@H]1NC(=O)[C@@H](C)N(C)CC(=O)Nc1ccc(N2CCOCC2)cc1. The van der Waals surface area contributed by atoms with E-state index in [-0.39, 0.29) is 30.4 Å². The lowest BCUT2D eigenvalue weighted by atomic mass is 9.86. The van der Waals surface area contributed by atoms with Crippen LogP contribution in [0.1, 0.15) is 39.5 Å². The number of hydrogen-bond acceptors (Lipinski definition) is 5. The quantitative estimate of drug-likeness (QED) is 0.714. The largest absolute Gasteiger partial charge is 0.378 e. The van der Waals surface area contributed by atoms with Crippen LogP contribution >= 0.6 is 0 Å². The molecule has 7 heteroatoms. The van der Waals surface area contributed by atoms with Crippen molar-refractivity contribution in [2.75, 3.05) is 50.1 Å². The van der Waals surface area contributed by atoms with Gasteiger partial charge in [0.1, 0.15) is 0 Å². The molecule has 0 unspecified atom stereocenters. The summed E-state index contributed by atoms with van der Waals surface area (Å²) in [7, 11) is 1.82. The molecule has 1 heterocycles. The summed E-state index contributed by atoms with van der Waals surface area (Å²) in [6.07, 6.45) is 4.63. The Labute approximate surface area is 180 Å². The Balaban J connectivity index is 1.45. The Morgan fingerprint density at radius 1 is 1.17 bits per heavy atom. The molecule has 3 atom stereocenters. The number of morpholine rings is 1. The summed E-state index contributed by atoms with van der Waals surface area (Å²) in [6.45, 7) is 7.49. The number of likely N-dealkylation sites (N-methyl/N-ethyl adjacent to an activating group) is 1. The highest BCUT2D eigenvalue weighted by Crippen LogP contribution is 2.24. The number of nitrogens with one attached hydrogen (secondary N) is 2. The van der Waals surface area contributed by atoms with Gasteiger partial charge in [-0.25, -0.2) is 0 Å². The Hall–Kier alpha value is -2.12. The molecule has 2 aliphatic rings. The molecule has 166 valence electrons. The molecular formula is C23H36N4O3. The van der Waals surface area contributed by atoms with E-state index >= 15 is 0 Å². The molecular weight excluding hydrogens is 380 g/mol. The number of amides is 2. The van der Waals surface area contributed by atoms with Crippen molar-refractivity contribution < 1.29 is 14.3 Å². The van der Waals surface area contributed by atoms with Crippen molar-refractivity contribution >= 4 is 23.2 Å². The lowest BCUT2D eigenvalue weighted by Gasteiger charge is -2.32. The first-order valence-electron chi connectivity index (χ1n) is 11.2. The molecule has 3 rings (SSSR count). The Kier molecular flexibility index (Phi) is 8.10. The first kappa shape index (κ1) is 22.6. The number of rotatable bonds is 7. The molecule has 1 saturated carbocycles. The lowest BCUT2D eigenvalue weighted by molar-refractivity contribution is -0.127. The second-order valence-corrected chi connectivity index (χ2v) is 8.66. The molecule has 1 aromatic carbocycles. The number of nitrogens with zero attached hydrogens (tertiary/aromatic N) is 2. The second kappa shape index (κ2) is 10.8. The molecule has 1 aromatic rings. The van der Waals surface area contributed by atoms with Gasteiger partial charge in [0.15, 0.2) is 0 Å². The molecule has 1 aliphatic carbocycles. The zero-order valence-corrected chi connectivity index (χ0v) is 18.5. The second-order valence-electron chi connectivity index (χ2n) is 8.66. The van der Waals surface area contributed by atoms with E-state index in [4.69, 9.17) is 4.74 Å². The van der Waals surface area contributed by atoms with Crippen LogP contribution in [0, 0.1) is 5.92 Å². The average Bonchev–Trinajstić information content (AvgIpc) is 2.75. The third-order valence-electron chi connectivity index (χ3n) is 6.40. The van der Waals surface area contributed by atoms with E-state index in [9.17, 15) is 9.59 Å². The van der Waals surface area contributed by atoms with E-state index in [0.717, 1.165) is 44.1 Å². The highest BCUT2D eigenvalue weighted by molar-refractivity contribution is 5.93. The Morgan fingerprint density at radius 3 is 2.50 bits per heavy atom. The zero-order chi connectivity index (χ0) is 21.5. The summed E-state index contributed by atoms with van der Waals surface area (Å²) in [6, 6.07) is 7.78. The fraction of sp³-hybridized carbons (Fsp3) is 0.652. The molecule has 0 bridgehead atoms. The number of hydrogen-bond donors (Lipinski definition) is 2. The van der Waals surface area contributed by atoms with E-state index < -0.39 is 0 Å². The number of carbonyl (C=O) groups is 2. The molecule has 7 nitrogen and oxygen atoms in total. The van der Waals surface area contributed by atoms with Gasteiger partial charge in [-0.3, -0.25) is 14.5 Å². The van der Waals surface area contributed by atoms with Gasteiger partial charge in [-0.05, 0) is 57.0 Å². The third kappa shape index (κ3) is 6.19. The van der Waals surface area contributed by atoms with Gasteiger partial charge >= 0.3 is 0 Å². The minimum Gasteiger partial charge on any atom is -0.378 e. The maximum Gasteiger partial charge on any atom is 0.238 e. The maximum absolute atomic E-state index is 12.6. The summed E-state index contributed by atoms with van der Waals surface area (Å²) < 4.78 is 5.39. The molecule has 0 aromatic heterocycles. The van der Waals surface area contributed by atoms with Crippen LogP contribution < -0.4 is 15.5 Å². The molecule has 30 heavy (non-hydrogen) atoms. The summed E-state index contributed by atoms with van der Waals surface area (Å²) in [5.41, 5.74) is 1.90. The van der Waals surface area contributed by atoms with Gasteiger partial charge in [-0.15, -0.1) is 0 Å². The Morgan fingerprint density at radius 2 is 1.83 bits per heavy atom.